The average molecular weight is 187 g/mol. The Morgan fingerprint density at radius 3 is 2.67 bits per heavy atom. The molecule has 1 atom stereocenters. The minimum Gasteiger partial charge on any atom is -0.397 e. The zero-order valence-electron chi connectivity index (χ0n) is 6.62. The van der Waals surface area contributed by atoms with Crippen molar-refractivity contribution in [2.45, 2.75) is 17.5 Å². The highest BCUT2D eigenvalue weighted by molar-refractivity contribution is 7.99. The van der Waals surface area contributed by atoms with Crippen molar-refractivity contribution in [1.29, 1.82) is 0 Å². The molecule has 12 heavy (non-hydrogen) atoms. The van der Waals surface area contributed by atoms with Gasteiger partial charge in [0.1, 0.15) is 10.5 Å². The molecule has 0 bridgehead atoms. The second-order valence-corrected chi connectivity index (χ2v) is 3.62. The van der Waals surface area contributed by atoms with Crippen LogP contribution in [0.2, 0.25) is 0 Å². The molecule has 1 aromatic heterocycles. The molecule has 0 aliphatic carbocycles. The number of nitrogens with two attached hydrogens (primary N) is 2. The molecular formula is C7H10FN3S. The number of halogens is 1. The maximum Gasteiger partial charge on any atom is 0.148 e. The Bertz CT molecular complexity index is 277. The van der Waals surface area contributed by atoms with Gasteiger partial charge in [-0.15, -0.1) is 0 Å². The fourth-order valence-electron chi connectivity index (χ4n) is 0.692. The van der Waals surface area contributed by atoms with Crippen LogP contribution < -0.4 is 11.5 Å². The van der Waals surface area contributed by atoms with E-state index >= 15 is 0 Å². The van der Waals surface area contributed by atoms with Crippen molar-refractivity contribution in [2.24, 2.45) is 0 Å². The first-order valence-corrected chi connectivity index (χ1v) is 4.29. The molecule has 0 amide bonds. The van der Waals surface area contributed by atoms with Crippen LogP contribution in [0.15, 0.2) is 17.3 Å². The van der Waals surface area contributed by atoms with Crippen LogP contribution in [0.3, 0.4) is 0 Å². The average Bonchev–Trinajstić information content (AvgIpc) is 1.96. The van der Waals surface area contributed by atoms with Gasteiger partial charge >= 0.3 is 0 Å². The second-order valence-electron chi connectivity index (χ2n) is 2.31. The molecule has 0 saturated carbocycles. The first kappa shape index (κ1) is 9.12. The first-order valence-electron chi connectivity index (χ1n) is 3.41. The fraction of sp³-hybridized carbons (Fsp3) is 0.286. The maximum atomic E-state index is 12.5. The number of aromatic nitrogens is 1. The molecule has 0 aromatic carbocycles. The van der Waals surface area contributed by atoms with E-state index in [4.69, 9.17) is 11.5 Å². The van der Waals surface area contributed by atoms with Crippen molar-refractivity contribution in [3.8, 4) is 0 Å². The van der Waals surface area contributed by atoms with Crippen LogP contribution >= 0.6 is 11.8 Å². The van der Waals surface area contributed by atoms with E-state index in [9.17, 15) is 4.39 Å². The standard InChI is InChI=1S/C7H10FN3S/c1-4(8)12-7-2-5(9)6(10)3-11-7/h2-4H,10H2,1H3,(H2,9,11). The molecule has 0 spiro atoms. The Morgan fingerprint density at radius 2 is 2.17 bits per heavy atom. The molecule has 4 N–H and O–H groups in total. The molecule has 0 aliphatic rings. The van der Waals surface area contributed by atoms with E-state index in [-0.39, 0.29) is 0 Å². The number of nitrogens with zero attached hydrogens (tertiary/aromatic N) is 1. The Balaban J connectivity index is 2.82. The van der Waals surface area contributed by atoms with Crippen molar-refractivity contribution < 1.29 is 4.39 Å². The van der Waals surface area contributed by atoms with Gasteiger partial charge in [0.15, 0.2) is 0 Å². The summed E-state index contributed by atoms with van der Waals surface area (Å²) in [4.78, 5) is 3.90. The Hall–Kier alpha value is -0.970. The number of thioether (sulfide) groups is 1. The van der Waals surface area contributed by atoms with E-state index in [2.05, 4.69) is 4.98 Å². The van der Waals surface area contributed by atoms with E-state index in [1.54, 1.807) is 6.07 Å². The van der Waals surface area contributed by atoms with Gasteiger partial charge in [-0.3, -0.25) is 0 Å². The highest BCUT2D eigenvalue weighted by atomic mass is 32.2. The molecule has 0 saturated heterocycles. The van der Waals surface area contributed by atoms with E-state index in [0.717, 1.165) is 11.8 Å². The highest BCUT2D eigenvalue weighted by Gasteiger charge is 2.04. The van der Waals surface area contributed by atoms with Gasteiger partial charge in [0.05, 0.1) is 17.6 Å². The number of hydrogen-bond donors (Lipinski definition) is 2. The lowest BCUT2D eigenvalue weighted by atomic mass is 10.4. The zero-order chi connectivity index (χ0) is 9.14. The Labute approximate surface area is 74.3 Å². The fourth-order valence-corrected chi connectivity index (χ4v) is 1.33. The molecule has 0 fully saturated rings. The minimum atomic E-state index is -0.986. The predicted octanol–water partition coefficient (Wildman–Crippen LogP) is 1.65. The summed E-state index contributed by atoms with van der Waals surface area (Å²) < 4.78 is 12.5. The summed E-state index contributed by atoms with van der Waals surface area (Å²) in [7, 11) is 0. The second kappa shape index (κ2) is 3.62. The van der Waals surface area contributed by atoms with Crippen LogP contribution in [0.5, 0.6) is 0 Å². The van der Waals surface area contributed by atoms with Gasteiger partial charge < -0.3 is 11.5 Å². The van der Waals surface area contributed by atoms with Gasteiger partial charge in [-0.25, -0.2) is 9.37 Å². The molecule has 0 aliphatic heterocycles. The minimum absolute atomic E-state index is 0.422. The van der Waals surface area contributed by atoms with Gasteiger partial charge in [0.2, 0.25) is 0 Å². The number of pyridine rings is 1. The van der Waals surface area contributed by atoms with Gasteiger partial charge in [-0.1, -0.05) is 11.8 Å². The lowest BCUT2D eigenvalue weighted by Gasteiger charge is -2.03. The number of hydrogen-bond acceptors (Lipinski definition) is 4. The smallest absolute Gasteiger partial charge is 0.148 e. The summed E-state index contributed by atoms with van der Waals surface area (Å²) in [5.41, 5.74) is 10.8. The zero-order valence-corrected chi connectivity index (χ0v) is 7.44. The number of rotatable bonds is 2. The van der Waals surface area contributed by atoms with E-state index in [0.29, 0.717) is 16.4 Å². The quantitative estimate of drug-likeness (QED) is 0.691. The molecule has 5 heteroatoms. The third-order valence-corrected chi connectivity index (χ3v) is 2.02. The van der Waals surface area contributed by atoms with Crippen LogP contribution in [0.25, 0.3) is 0 Å². The van der Waals surface area contributed by atoms with E-state index in [1.807, 2.05) is 0 Å². The van der Waals surface area contributed by atoms with Gasteiger partial charge in [-0.05, 0) is 13.0 Å². The van der Waals surface area contributed by atoms with Crippen LogP contribution in [-0.2, 0) is 0 Å². The molecular weight excluding hydrogens is 177 g/mol. The van der Waals surface area contributed by atoms with E-state index in [1.165, 1.54) is 13.1 Å². The van der Waals surface area contributed by atoms with Crippen molar-refractivity contribution in [2.75, 3.05) is 11.5 Å². The van der Waals surface area contributed by atoms with Crippen LogP contribution in [0.4, 0.5) is 15.8 Å². The molecule has 1 aromatic rings. The van der Waals surface area contributed by atoms with Crippen LogP contribution in [0.1, 0.15) is 6.92 Å². The van der Waals surface area contributed by atoms with Gasteiger partial charge in [0, 0.05) is 0 Å². The summed E-state index contributed by atoms with van der Waals surface area (Å²) >= 11 is 1.01. The van der Waals surface area contributed by atoms with Crippen molar-refractivity contribution in [1.82, 2.24) is 4.98 Å². The van der Waals surface area contributed by atoms with Gasteiger partial charge in [-0.2, -0.15) is 0 Å². The molecule has 1 rings (SSSR count). The summed E-state index contributed by atoms with van der Waals surface area (Å²) in [6.45, 7) is 1.44. The predicted molar refractivity (Wildman–Crippen MR) is 49.5 cm³/mol. The summed E-state index contributed by atoms with van der Waals surface area (Å²) in [5.74, 6) is 0. The molecule has 0 radical (unpaired) electrons. The Morgan fingerprint density at radius 1 is 1.50 bits per heavy atom. The SMILES string of the molecule is CC(F)Sc1cc(N)c(N)cn1. The molecule has 1 unspecified atom stereocenters. The summed E-state index contributed by atoms with van der Waals surface area (Å²) in [6, 6.07) is 1.57. The molecule has 1 heterocycles. The maximum absolute atomic E-state index is 12.5. The first-order chi connectivity index (χ1) is 5.59. The number of nitrogen functional groups attached to an aromatic ring is 2. The monoisotopic (exact) mass is 187 g/mol. The van der Waals surface area contributed by atoms with Crippen molar-refractivity contribution >= 4 is 23.1 Å². The highest BCUT2D eigenvalue weighted by Crippen LogP contribution is 2.25. The molecule has 3 nitrogen and oxygen atoms in total. The van der Waals surface area contributed by atoms with Gasteiger partial charge in [0.25, 0.3) is 0 Å². The number of anilines is 2. The third-order valence-electron chi connectivity index (χ3n) is 1.23. The topological polar surface area (TPSA) is 64.9 Å². The summed E-state index contributed by atoms with van der Waals surface area (Å²) in [6.07, 6.45) is 1.43. The molecule has 66 valence electrons. The lowest BCUT2D eigenvalue weighted by molar-refractivity contribution is 0.483. The van der Waals surface area contributed by atoms with Crippen LogP contribution in [0, 0.1) is 0 Å². The van der Waals surface area contributed by atoms with Crippen LogP contribution in [-0.4, -0.2) is 10.5 Å². The van der Waals surface area contributed by atoms with Crippen molar-refractivity contribution in [3.05, 3.63) is 12.3 Å². The lowest BCUT2D eigenvalue weighted by Crippen LogP contribution is -1.97. The van der Waals surface area contributed by atoms with E-state index < -0.39 is 5.50 Å². The normalized spacial score (nSPS) is 12.8. The van der Waals surface area contributed by atoms with Crippen molar-refractivity contribution in [3.63, 3.8) is 0 Å². The number of alkyl halides is 1. The Kier molecular flexibility index (Phi) is 2.75. The third kappa shape index (κ3) is 2.27. The summed E-state index contributed by atoms with van der Waals surface area (Å²) in [5, 5.41) is 0.553. The largest absolute Gasteiger partial charge is 0.397 e.